The van der Waals surface area contributed by atoms with Crippen LogP contribution in [0.4, 0.5) is 0 Å². The number of hydrogen-bond donors (Lipinski definition) is 3. The van der Waals surface area contributed by atoms with Crippen molar-refractivity contribution >= 4 is 0 Å². The first-order valence-corrected chi connectivity index (χ1v) is 13.8. The number of allylic oxidation sites excluding steroid dienone is 1. The largest absolute Gasteiger partial charge is 0.393 e. The van der Waals surface area contributed by atoms with Gasteiger partial charge in [0.1, 0.15) is 11.7 Å². The fourth-order valence-electron chi connectivity index (χ4n) is 9.21. The summed E-state index contributed by atoms with van der Waals surface area (Å²) < 4.78 is 0. The molecule has 0 aromatic carbocycles. The molecule has 0 amide bonds. The Bertz CT molecular complexity index is 715. The Labute approximate surface area is 197 Å². The smallest absolute Gasteiger partial charge is 0.102 e. The third kappa shape index (κ3) is 3.64. The van der Waals surface area contributed by atoms with Gasteiger partial charge in [-0.25, -0.2) is 0 Å². The van der Waals surface area contributed by atoms with Gasteiger partial charge in [-0.3, -0.25) is 0 Å². The summed E-state index contributed by atoms with van der Waals surface area (Å²) in [4.78, 5) is 0. The first kappa shape index (κ1) is 24.7. The SMILES string of the molecule is CC[C@@H](CC[C@@H](C)[C@H]1CC[C@H]2C3=C[C@@H](O)[C@@]4(O)C[C@@H](O)CC[C@]4(C)[C@H]3CC[C@]12C)C(C)C. The molecule has 3 heteroatoms. The van der Waals surface area contributed by atoms with Gasteiger partial charge < -0.3 is 15.3 Å². The summed E-state index contributed by atoms with van der Waals surface area (Å²) >= 11 is 0. The van der Waals surface area contributed by atoms with Gasteiger partial charge in [0.2, 0.25) is 0 Å². The zero-order chi connectivity index (χ0) is 23.5. The van der Waals surface area contributed by atoms with Crippen LogP contribution in [0, 0.1) is 46.3 Å². The molecule has 0 aromatic rings. The van der Waals surface area contributed by atoms with Crippen LogP contribution in [0.3, 0.4) is 0 Å². The first-order chi connectivity index (χ1) is 15.0. The van der Waals surface area contributed by atoms with E-state index in [0.29, 0.717) is 23.7 Å². The van der Waals surface area contributed by atoms with E-state index in [9.17, 15) is 15.3 Å². The van der Waals surface area contributed by atoms with Gasteiger partial charge in [0, 0.05) is 11.8 Å². The predicted molar refractivity (Wildman–Crippen MR) is 131 cm³/mol. The molecule has 10 atom stereocenters. The van der Waals surface area contributed by atoms with Gasteiger partial charge >= 0.3 is 0 Å². The molecule has 0 heterocycles. The minimum absolute atomic E-state index is 0.307. The molecule has 4 aliphatic rings. The van der Waals surface area contributed by atoms with E-state index < -0.39 is 17.8 Å². The lowest BCUT2D eigenvalue weighted by Crippen LogP contribution is -2.65. The Balaban J connectivity index is 1.56. The highest BCUT2D eigenvalue weighted by Crippen LogP contribution is 2.67. The maximum atomic E-state index is 11.6. The Hall–Kier alpha value is -0.380. The van der Waals surface area contributed by atoms with Crippen molar-refractivity contribution < 1.29 is 15.3 Å². The van der Waals surface area contributed by atoms with Crippen LogP contribution in [0.25, 0.3) is 0 Å². The zero-order valence-corrected chi connectivity index (χ0v) is 21.6. The van der Waals surface area contributed by atoms with E-state index in [1.807, 2.05) is 6.08 Å². The lowest BCUT2D eigenvalue weighted by atomic mass is 9.45. The summed E-state index contributed by atoms with van der Waals surface area (Å²) in [6.45, 7) is 14.3. The molecule has 3 N–H and O–H groups in total. The second-order valence-corrected chi connectivity index (χ2v) is 13.2. The van der Waals surface area contributed by atoms with Crippen molar-refractivity contribution in [1.29, 1.82) is 0 Å². The van der Waals surface area contributed by atoms with Crippen molar-refractivity contribution in [2.45, 2.75) is 124 Å². The number of aliphatic hydroxyl groups is 3. The quantitative estimate of drug-likeness (QED) is 0.431. The molecule has 3 fully saturated rings. The molecular formula is C29H50O3. The van der Waals surface area contributed by atoms with Crippen molar-refractivity contribution in [3.63, 3.8) is 0 Å². The minimum atomic E-state index is -1.19. The summed E-state index contributed by atoms with van der Waals surface area (Å²) in [5, 5.41) is 33.0. The number of rotatable bonds is 6. The Morgan fingerprint density at radius 1 is 0.969 bits per heavy atom. The molecule has 0 spiro atoms. The second-order valence-electron chi connectivity index (χ2n) is 13.2. The van der Waals surface area contributed by atoms with Gasteiger partial charge in [0.25, 0.3) is 0 Å². The maximum absolute atomic E-state index is 11.6. The molecular weight excluding hydrogens is 396 g/mol. The van der Waals surface area contributed by atoms with Crippen LogP contribution in [0.1, 0.15) is 106 Å². The molecule has 0 unspecified atom stereocenters. The summed E-state index contributed by atoms with van der Waals surface area (Å²) in [5.41, 5.74) is 0.259. The van der Waals surface area contributed by atoms with E-state index in [1.165, 1.54) is 44.1 Å². The second kappa shape index (κ2) is 8.68. The van der Waals surface area contributed by atoms with Gasteiger partial charge in [-0.2, -0.15) is 0 Å². The van der Waals surface area contributed by atoms with Crippen molar-refractivity contribution in [3.8, 4) is 0 Å². The Morgan fingerprint density at radius 3 is 2.34 bits per heavy atom. The highest BCUT2D eigenvalue weighted by atomic mass is 16.3. The van der Waals surface area contributed by atoms with E-state index in [-0.39, 0.29) is 5.41 Å². The normalized spacial score (nSPS) is 47.9. The molecule has 0 aliphatic heterocycles. The number of aliphatic hydroxyl groups excluding tert-OH is 2. The van der Waals surface area contributed by atoms with Gasteiger partial charge in [0.15, 0.2) is 0 Å². The van der Waals surface area contributed by atoms with Crippen LogP contribution in [-0.2, 0) is 0 Å². The summed E-state index contributed by atoms with van der Waals surface area (Å²) in [5.74, 6) is 4.02. The summed E-state index contributed by atoms with van der Waals surface area (Å²) in [7, 11) is 0. The van der Waals surface area contributed by atoms with Crippen molar-refractivity contribution in [1.82, 2.24) is 0 Å². The van der Waals surface area contributed by atoms with Gasteiger partial charge in [-0.1, -0.05) is 66.0 Å². The lowest BCUT2D eigenvalue weighted by Gasteiger charge is -2.62. The molecule has 4 rings (SSSR count). The predicted octanol–water partition coefficient (Wildman–Crippen LogP) is 6.11. The minimum Gasteiger partial charge on any atom is -0.393 e. The highest BCUT2D eigenvalue weighted by molar-refractivity contribution is 5.33. The van der Waals surface area contributed by atoms with E-state index in [4.69, 9.17) is 0 Å². The summed E-state index contributed by atoms with van der Waals surface area (Å²) in [6, 6.07) is 0. The molecule has 3 nitrogen and oxygen atoms in total. The molecule has 0 saturated heterocycles. The Kier molecular flexibility index (Phi) is 6.71. The van der Waals surface area contributed by atoms with Crippen LogP contribution < -0.4 is 0 Å². The average Bonchev–Trinajstić information content (AvgIpc) is 3.08. The van der Waals surface area contributed by atoms with Crippen LogP contribution in [-0.4, -0.2) is 33.1 Å². The molecule has 4 aliphatic carbocycles. The molecule has 184 valence electrons. The average molecular weight is 447 g/mol. The zero-order valence-electron chi connectivity index (χ0n) is 21.6. The van der Waals surface area contributed by atoms with E-state index in [0.717, 1.165) is 42.9 Å². The fourth-order valence-corrected chi connectivity index (χ4v) is 9.21. The van der Waals surface area contributed by atoms with Crippen molar-refractivity contribution in [3.05, 3.63) is 11.6 Å². The first-order valence-electron chi connectivity index (χ1n) is 13.8. The molecule has 0 aromatic heterocycles. The molecule has 0 radical (unpaired) electrons. The van der Waals surface area contributed by atoms with Crippen LogP contribution in [0.2, 0.25) is 0 Å². The monoisotopic (exact) mass is 446 g/mol. The molecule has 3 saturated carbocycles. The van der Waals surface area contributed by atoms with Gasteiger partial charge in [0.05, 0.1) is 6.10 Å². The standard InChI is InChI=1S/C29H50O3/c1-7-20(18(2)3)9-8-19(4)23-10-11-24-22-16-26(31)29(32)17-21(30)12-15-28(29,6)25(22)13-14-27(23,24)5/h16,18-21,23-26,30-32H,7-15,17H2,1-6H3/t19-,20+,21+,23-,24+,25+,26-,27-,28-,29+/m1/s1. The van der Waals surface area contributed by atoms with E-state index >= 15 is 0 Å². The van der Waals surface area contributed by atoms with Gasteiger partial charge in [-0.15, -0.1) is 0 Å². The van der Waals surface area contributed by atoms with E-state index in [1.54, 1.807) is 0 Å². The summed E-state index contributed by atoms with van der Waals surface area (Å²) in [6.07, 6.45) is 11.4. The van der Waals surface area contributed by atoms with E-state index in [2.05, 4.69) is 41.5 Å². The maximum Gasteiger partial charge on any atom is 0.102 e. The lowest BCUT2D eigenvalue weighted by molar-refractivity contribution is -0.210. The topological polar surface area (TPSA) is 60.7 Å². The van der Waals surface area contributed by atoms with Gasteiger partial charge in [-0.05, 0) is 85.9 Å². The van der Waals surface area contributed by atoms with Crippen LogP contribution >= 0.6 is 0 Å². The Morgan fingerprint density at radius 2 is 1.69 bits per heavy atom. The fraction of sp³-hybridized carbons (Fsp3) is 0.931. The van der Waals surface area contributed by atoms with Crippen LogP contribution in [0.15, 0.2) is 11.6 Å². The number of fused-ring (bicyclic) bond motifs is 5. The van der Waals surface area contributed by atoms with Crippen molar-refractivity contribution in [2.75, 3.05) is 0 Å². The molecule has 32 heavy (non-hydrogen) atoms. The third-order valence-corrected chi connectivity index (χ3v) is 11.5. The van der Waals surface area contributed by atoms with Crippen LogP contribution in [0.5, 0.6) is 0 Å². The highest BCUT2D eigenvalue weighted by Gasteiger charge is 2.64. The van der Waals surface area contributed by atoms with Crippen molar-refractivity contribution in [2.24, 2.45) is 46.3 Å². The molecule has 0 bridgehead atoms. The number of hydrogen-bond acceptors (Lipinski definition) is 3. The third-order valence-electron chi connectivity index (χ3n) is 11.5.